The number of hydrogen-bond donors (Lipinski definition) is 0. The van der Waals surface area contributed by atoms with E-state index in [4.69, 9.17) is 5.26 Å². The average molecular weight is 309 g/mol. The summed E-state index contributed by atoms with van der Waals surface area (Å²) in [7, 11) is 0. The molecule has 1 heteroatoms. The minimum Gasteiger partial charge on any atom is -0.193 e. The monoisotopic (exact) mass is 309 g/mol. The molecule has 0 radical (unpaired) electrons. The van der Waals surface area contributed by atoms with Gasteiger partial charge in [0.25, 0.3) is 0 Å². The summed E-state index contributed by atoms with van der Waals surface area (Å²) in [6.07, 6.45) is 13.2. The van der Waals surface area contributed by atoms with Gasteiger partial charge in [-0.3, -0.25) is 0 Å². The highest BCUT2D eigenvalue weighted by Crippen LogP contribution is 2.09. The van der Waals surface area contributed by atoms with Gasteiger partial charge in [0, 0.05) is 6.08 Å². The molecule has 0 unspecified atom stereocenters. The third-order valence-corrected chi connectivity index (χ3v) is 3.28. The zero-order valence-corrected chi connectivity index (χ0v) is 13.5. The molecule has 2 rings (SSSR count). The Balaban J connectivity index is 2.02. The zero-order chi connectivity index (χ0) is 17.0. The van der Waals surface area contributed by atoms with Gasteiger partial charge in [0.1, 0.15) is 0 Å². The van der Waals surface area contributed by atoms with E-state index in [2.05, 4.69) is 12.6 Å². The van der Waals surface area contributed by atoms with Crippen molar-refractivity contribution in [1.82, 2.24) is 0 Å². The summed E-state index contributed by atoms with van der Waals surface area (Å²) in [6, 6.07) is 22.1. The lowest BCUT2D eigenvalue weighted by Crippen LogP contribution is -1.75. The van der Waals surface area contributed by atoms with Crippen molar-refractivity contribution in [2.24, 2.45) is 0 Å². The highest BCUT2D eigenvalue weighted by Gasteiger charge is 1.89. The second-order valence-electron chi connectivity index (χ2n) is 5.17. The Morgan fingerprint density at radius 2 is 1.29 bits per heavy atom. The molecule has 0 atom stereocenters. The molecule has 0 aromatic heterocycles. The smallest absolute Gasteiger partial charge is 0.0918 e. The second-order valence-corrected chi connectivity index (χ2v) is 5.17. The summed E-state index contributed by atoms with van der Waals surface area (Å²) in [6.45, 7) is 4.01. The van der Waals surface area contributed by atoms with Crippen molar-refractivity contribution >= 4 is 12.2 Å². The fourth-order valence-corrected chi connectivity index (χ4v) is 2.01. The maximum atomic E-state index is 8.92. The molecule has 2 aromatic carbocycles. The van der Waals surface area contributed by atoms with Crippen LogP contribution in [0.25, 0.3) is 12.2 Å². The molecule has 0 aliphatic heterocycles. The molecule has 0 saturated carbocycles. The van der Waals surface area contributed by atoms with Crippen LogP contribution in [0.1, 0.15) is 11.1 Å². The minimum absolute atomic E-state index is 0.829. The van der Waals surface area contributed by atoms with Crippen LogP contribution in [0.3, 0.4) is 0 Å². The van der Waals surface area contributed by atoms with Crippen molar-refractivity contribution in [2.75, 3.05) is 0 Å². The fraction of sp³-hybridized carbons (Fsp3) is 0. The third kappa shape index (κ3) is 6.17. The van der Waals surface area contributed by atoms with E-state index in [1.807, 2.05) is 97.1 Å². The van der Waals surface area contributed by atoms with Gasteiger partial charge in [-0.15, -0.1) is 0 Å². The van der Waals surface area contributed by atoms with E-state index in [1.54, 1.807) is 0 Å². The van der Waals surface area contributed by atoms with Crippen LogP contribution in [0.5, 0.6) is 0 Å². The van der Waals surface area contributed by atoms with Crippen LogP contribution in [0.4, 0.5) is 0 Å². The van der Waals surface area contributed by atoms with Gasteiger partial charge in [0.15, 0.2) is 0 Å². The molecule has 1 nitrogen and oxygen atoms in total. The Bertz CT molecular complexity index is 813. The molecule has 0 saturated heterocycles. The molecule has 0 amide bonds. The molecule has 0 aliphatic rings. The van der Waals surface area contributed by atoms with E-state index >= 15 is 0 Å². The van der Waals surface area contributed by atoms with Crippen LogP contribution >= 0.6 is 0 Å². The van der Waals surface area contributed by atoms with Gasteiger partial charge in [-0.1, -0.05) is 104 Å². The first-order chi connectivity index (χ1) is 11.8. The standard InChI is InChI=1S/C23H19N/c1-20(12-14-21-8-4-2-5-9-21)13-15-23(18-19-24)17-16-22-10-6-3-7-11-22/h2-18H,1H2. The Hall–Kier alpha value is -3.37. The van der Waals surface area contributed by atoms with Crippen molar-refractivity contribution in [1.29, 1.82) is 5.26 Å². The predicted molar refractivity (Wildman–Crippen MR) is 103 cm³/mol. The van der Waals surface area contributed by atoms with Crippen molar-refractivity contribution in [3.63, 3.8) is 0 Å². The summed E-state index contributed by atoms with van der Waals surface area (Å²) in [5.41, 5.74) is 3.92. The number of hydrogen-bond acceptors (Lipinski definition) is 1. The molecule has 2 aromatic rings. The molecule has 24 heavy (non-hydrogen) atoms. The van der Waals surface area contributed by atoms with Crippen molar-refractivity contribution in [3.8, 4) is 6.07 Å². The van der Waals surface area contributed by atoms with Crippen LogP contribution in [0.15, 0.2) is 109 Å². The van der Waals surface area contributed by atoms with E-state index in [9.17, 15) is 0 Å². The second kappa shape index (κ2) is 9.61. The van der Waals surface area contributed by atoms with Gasteiger partial charge in [0.2, 0.25) is 0 Å². The average Bonchev–Trinajstić information content (AvgIpc) is 2.64. The van der Waals surface area contributed by atoms with E-state index in [0.29, 0.717) is 0 Å². The molecular formula is C23H19N. The van der Waals surface area contributed by atoms with Crippen LogP contribution < -0.4 is 0 Å². The molecule has 0 fully saturated rings. The molecule has 0 heterocycles. The Morgan fingerprint density at radius 1 is 0.750 bits per heavy atom. The third-order valence-electron chi connectivity index (χ3n) is 3.28. The van der Waals surface area contributed by atoms with E-state index < -0.39 is 0 Å². The number of rotatable bonds is 6. The first-order valence-corrected chi connectivity index (χ1v) is 7.71. The molecule has 0 aliphatic carbocycles. The Kier molecular flexibility index (Phi) is 6.80. The molecule has 0 bridgehead atoms. The van der Waals surface area contributed by atoms with E-state index in [0.717, 1.165) is 22.3 Å². The summed E-state index contributed by atoms with van der Waals surface area (Å²) in [5, 5.41) is 8.92. The Morgan fingerprint density at radius 3 is 1.83 bits per heavy atom. The van der Waals surface area contributed by atoms with Crippen molar-refractivity contribution < 1.29 is 0 Å². The lowest BCUT2D eigenvalue weighted by atomic mass is 10.1. The van der Waals surface area contributed by atoms with Gasteiger partial charge in [-0.25, -0.2) is 0 Å². The lowest BCUT2D eigenvalue weighted by Gasteiger charge is -1.95. The van der Waals surface area contributed by atoms with Crippen LogP contribution in [0, 0.1) is 11.3 Å². The van der Waals surface area contributed by atoms with E-state index in [-0.39, 0.29) is 0 Å². The van der Waals surface area contributed by atoms with Crippen LogP contribution in [-0.2, 0) is 0 Å². The SMILES string of the molecule is C=C(C=CC(C=Cc1ccccc1)=CC#N)C=Cc1ccccc1. The van der Waals surface area contributed by atoms with E-state index in [1.165, 1.54) is 6.08 Å². The van der Waals surface area contributed by atoms with Crippen LogP contribution in [-0.4, -0.2) is 0 Å². The zero-order valence-electron chi connectivity index (χ0n) is 13.5. The molecule has 116 valence electrons. The van der Waals surface area contributed by atoms with Gasteiger partial charge < -0.3 is 0 Å². The largest absolute Gasteiger partial charge is 0.193 e. The maximum Gasteiger partial charge on any atom is 0.0918 e. The fourth-order valence-electron chi connectivity index (χ4n) is 2.01. The van der Waals surface area contributed by atoms with Gasteiger partial charge in [-0.05, 0) is 22.3 Å². The van der Waals surface area contributed by atoms with Crippen LogP contribution in [0.2, 0.25) is 0 Å². The number of nitriles is 1. The lowest BCUT2D eigenvalue weighted by molar-refractivity contribution is 1.52. The summed E-state index contributed by atoms with van der Waals surface area (Å²) >= 11 is 0. The highest BCUT2D eigenvalue weighted by molar-refractivity contribution is 5.57. The molecule has 0 N–H and O–H groups in total. The van der Waals surface area contributed by atoms with Gasteiger partial charge >= 0.3 is 0 Å². The molecular weight excluding hydrogens is 290 g/mol. The molecule has 0 spiro atoms. The number of benzene rings is 2. The first kappa shape index (κ1) is 17.0. The summed E-state index contributed by atoms with van der Waals surface area (Å²) < 4.78 is 0. The summed E-state index contributed by atoms with van der Waals surface area (Å²) in [4.78, 5) is 0. The summed E-state index contributed by atoms with van der Waals surface area (Å²) in [5.74, 6) is 0. The highest BCUT2D eigenvalue weighted by atomic mass is 14.2. The van der Waals surface area contributed by atoms with Gasteiger partial charge in [0.05, 0.1) is 6.07 Å². The first-order valence-electron chi connectivity index (χ1n) is 7.71. The predicted octanol–water partition coefficient (Wildman–Crippen LogP) is 5.98. The van der Waals surface area contributed by atoms with Crippen molar-refractivity contribution in [3.05, 3.63) is 120 Å². The van der Waals surface area contributed by atoms with Crippen molar-refractivity contribution in [2.45, 2.75) is 0 Å². The number of allylic oxidation sites excluding steroid dienone is 7. The quantitative estimate of drug-likeness (QED) is 0.476. The maximum absolute atomic E-state index is 8.92. The normalized spacial score (nSPS) is 12.0. The minimum atomic E-state index is 0.829. The number of nitrogens with zero attached hydrogens (tertiary/aromatic N) is 1. The topological polar surface area (TPSA) is 23.8 Å². The Labute approximate surface area is 143 Å². The van der Waals surface area contributed by atoms with Gasteiger partial charge in [-0.2, -0.15) is 5.26 Å².